The van der Waals surface area contributed by atoms with E-state index in [0.29, 0.717) is 52.9 Å². The van der Waals surface area contributed by atoms with E-state index in [2.05, 4.69) is 20.0 Å². The van der Waals surface area contributed by atoms with Gasteiger partial charge in [0.2, 0.25) is 0 Å². The van der Waals surface area contributed by atoms with Crippen LogP contribution >= 0.6 is 11.6 Å². The van der Waals surface area contributed by atoms with Gasteiger partial charge in [0, 0.05) is 29.9 Å². The molecule has 0 bridgehead atoms. The van der Waals surface area contributed by atoms with Gasteiger partial charge in [-0.2, -0.15) is 13.1 Å². The van der Waals surface area contributed by atoms with Crippen LogP contribution in [0.15, 0.2) is 66.7 Å². The summed E-state index contributed by atoms with van der Waals surface area (Å²) in [5.74, 6) is 0.289. The Morgan fingerprint density at radius 1 is 1.06 bits per heavy atom. The average molecular weight is 482 g/mol. The lowest BCUT2D eigenvalue weighted by Crippen LogP contribution is -2.47. The van der Waals surface area contributed by atoms with Crippen LogP contribution in [0.1, 0.15) is 16.8 Å². The third-order valence-electron chi connectivity index (χ3n) is 5.40. The van der Waals surface area contributed by atoms with Gasteiger partial charge >= 0.3 is 10.2 Å². The maximum atomic E-state index is 12.8. The first-order chi connectivity index (χ1) is 15.9. The van der Waals surface area contributed by atoms with Crippen molar-refractivity contribution in [2.24, 2.45) is 0 Å². The minimum Gasteiger partial charge on any atom is -0.338 e. The number of carbonyl (C=O) groups is 1. The van der Waals surface area contributed by atoms with Gasteiger partial charge in [-0.15, -0.1) is 0 Å². The molecule has 1 aliphatic rings. The number of fused-ring (bicyclic) bond motifs is 1. The van der Waals surface area contributed by atoms with Crippen molar-refractivity contribution in [2.75, 3.05) is 22.7 Å². The number of aromatic amines is 1. The molecule has 1 amide bonds. The lowest BCUT2D eigenvalue weighted by Gasteiger charge is -2.28. The van der Waals surface area contributed by atoms with E-state index in [1.807, 2.05) is 24.3 Å². The van der Waals surface area contributed by atoms with Crippen molar-refractivity contribution in [1.82, 2.24) is 14.7 Å². The SMILES string of the molecule is O=C(Nc1ccc(Cl)c(-c2nc3ccccc3[nH]2)c1)c1ccc(N2CCCNS2(=O)=O)cc1. The molecule has 8 nitrogen and oxygen atoms in total. The number of H-pyrrole nitrogens is 1. The number of hydrogen-bond donors (Lipinski definition) is 3. The van der Waals surface area contributed by atoms with Gasteiger partial charge in [0.15, 0.2) is 0 Å². The molecule has 5 rings (SSSR count). The van der Waals surface area contributed by atoms with E-state index in [4.69, 9.17) is 11.6 Å². The maximum absolute atomic E-state index is 12.8. The van der Waals surface area contributed by atoms with Crippen molar-refractivity contribution in [1.29, 1.82) is 0 Å². The highest BCUT2D eigenvalue weighted by Gasteiger charge is 2.25. The smallest absolute Gasteiger partial charge is 0.301 e. The normalized spacial score (nSPS) is 15.5. The predicted molar refractivity (Wildman–Crippen MR) is 130 cm³/mol. The van der Waals surface area contributed by atoms with E-state index < -0.39 is 10.2 Å². The highest BCUT2D eigenvalue weighted by Crippen LogP contribution is 2.30. The third kappa shape index (κ3) is 4.30. The van der Waals surface area contributed by atoms with Gasteiger partial charge in [0.25, 0.3) is 5.91 Å². The monoisotopic (exact) mass is 481 g/mol. The first-order valence-corrected chi connectivity index (χ1v) is 12.2. The van der Waals surface area contributed by atoms with Gasteiger partial charge in [0.05, 0.1) is 21.7 Å². The van der Waals surface area contributed by atoms with Gasteiger partial charge in [-0.1, -0.05) is 23.7 Å². The Labute approximate surface area is 195 Å². The molecule has 0 atom stereocenters. The Morgan fingerprint density at radius 2 is 1.85 bits per heavy atom. The number of carbonyl (C=O) groups excluding carboxylic acids is 1. The third-order valence-corrected chi connectivity index (χ3v) is 7.27. The number of nitrogens with zero attached hydrogens (tertiary/aromatic N) is 2. The van der Waals surface area contributed by atoms with Crippen LogP contribution in [-0.4, -0.2) is 37.4 Å². The summed E-state index contributed by atoms with van der Waals surface area (Å²) in [7, 11) is -3.54. The molecule has 0 aliphatic carbocycles. The van der Waals surface area contributed by atoms with Crippen LogP contribution in [0.4, 0.5) is 11.4 Å². The molecule has 0 unspecified atom stereocenters. The van der Waals surface area contributed by atoms with Crippen molar-refractivity contribution >= 4 is 50.1 Å². The fraction of sp³-hybridized carbons (Fsp3) is 0.130. The standard InChI is InChI=1S/C23H20ClN5O3S/c24-19-11-8-16(14-18(19)22-27-20-4-1-2-5-21(20)28-22)26-23(30)15-6-9-17(10-7-15)29-13-3-12-25-33(29,31)32/h1-2,4-11,14,25H,3,12-13H2,(H,26,30)(H,27,28). The number of imidazole rings is 1. The van der Waals surface area contributed by atoms with Crippen LogP contribution in [0.3, 0.4) is 0 Å². The van der Waals surface area contributed by atoms with Gasteiger partial charge in [-0.3, -0.25) is 9.10 Å². The average Bonchev–Trinajstić information content (AvgIpc) is 3.24. The molecule has 10 heteroatoms. The number of rotatable bonds is 4. The Bertz CT molecular complexity index is 1420. The Morgan fingerprint density at radius 3 is 2.61 bits per heavy atom. The van der Waals surface area contributed by atoms with Crippen molar-refractivity contribution in [3.05, 3.63) is 77.3 Å². The molecule has 33 heavy (non-hydrogen) atoms. The Balaban J connectivity index is 1.36. The molecule has 3 aromatic carbocycles. The van der Waals surface area contributed by atoms with Gasteiger partial charge in [-0.25, -0.2) is 4.98 Å². The second kappa shape index (κ2) is 8.51. The van der Waals surface area contributed by atoms with E-state index in [1.165, 1.54) is 4.31 Å². The number of halogens is 1. The number of hydrogen-bond acceptors (Lipinski definition) is 4. The van der Waals surface area contributed by atoms with Crippen LogP contribution < -0.4 is 14.3 Å². The van der Waals surface area contributed by atoms with E-state index in [-0.39, 0.29) is 5.91 Å². The second-order valence-electron chi connectivity index (χ2n) is 7.62. The fourth-order valence-corrected chi connectivity index (χ4v) is 5.27. The minimum atomic E-state index is -3.54. The molecular formula is C23H20ClN5O3S. The van der Waals surface area contributed by atoms with Crippen LogP contribution in [0.2, 0.25) is 5.02 Å². The highest BCUT2D eigenvalue weighted by atomic mass is 35.5. The summed E-state index contributed by atoms with van der Waals surface area (Å²) in [4.78, 5) is 20.6. The quantitative estimate of drug-likeness (QED) is 0.406. The van der Waals surface area contributed by atoms with Gasteiger partial charge < -0.3 is 10.3 Å². The molecule has 3 N–H and O–H groups in total. The highest BCUT2D eigenvalue weighted by molar-refractivity contribution is 7.90. The molecule has 1 saturated heterocycles. The molecule has 0 spiro atoms. The van der Waals surface area contributed by atoms with E-state index in [0.717, 1.165) is 11.0 Å². The molecule has 0 saturated carbocycles. The number of nitrogens with one attached hydrogen (secondary N) is 3. The first-order valence-electron chi connectivity index (χ1n) is 10.3. The molecule has 4 aromatic rings. The van der Waals surface area contributed by atoms with Crippen molar-refractivity contribution in [3.63, 3.8) is 0 Å². The summed E-state index contributed by atoms with van der Waals surface area (Å²) in [6.07, 6.45) is 0.714. The fourth-order valence-electron chi connectivity index (χ4n) is 3.74. The van der Waals surface area contributed by atoms with Gasteiger partial charge in [-0.05, 0) is 61.0 Å². The topological polar surface area (TPSA) is 107 Å². The minimum absolute atomic E-state index is 0.320. The Hall–Kier alpha value is -3.40. The van der Waals surface area contributed by atoms with Crippen molar-refractivity contribution in [3.8, 4) is 11.4 Å². The zero-order chi connectivity index (χ0) is 23.0. The largest absolute Gasteiger partial charge is 0.338 e. The number of aromatic nitrogens is 2. The van der Waals surface area contributed by atoms with Gasteiger partial charge in [0.1, 0.15) is 5.82 Å². The summed E-state index contributed by atoms with van der Waals surface area (Å²) >= 11 is 6.39. The van der Waals surface area contributed by atoms with E-state index >= 15 is 0 Å². The van der Waals surface area contributed by atoms with E-state index in [1.54, 1.807) is 42.5 Å². The van der Waals surface area contributed by atoms with Crippen molar-refractivity contribution < 1.29 is 13.2 Å². The molecule has 1 fully saturated rings. The summed E-state index contributed by atoms with van der Waals surface area (Å²) in [6.45, 7) is 0.826. The molecule has 1 aromatic heterocycles. The maximum Gasteiger partial charge on any atom is 0.301 e. The zero-order valence-corrected chi connectivity index (χ0v) is 18.9. The molecule has 168 valence electrons. The molecule has 2 heterocycles. The summed E-state index contributed by atoms with van der Waals surface area (Å²) in [5, 5.41) is 3.37. The molecule has 0 radical (unpaired) electrons. The Kier molecular flexibility index (Phi) is 5.53. The summed E-state index contributed by atoms with van der Waals surface area (Å²) in [6, 6.07) is 19.3. The lowest BCUT2D eigenvalue weighted by molar-refractivity contribution is 0.102. The first kappa shape index (κ1) is 21.4. The predicted octanol–water partition coefficient (Wildman–Crippen LogP) is 4.18. The van der Waals surface area contributed by atoms with Crippen molar-refractivity contribution in [2.45, 2.75) is 6.42 Å². The lowest BCUT2D eigenvalue weighted by atomic mass is 10.1. The van der Waals surface area contributed by atoms with Crippen LogP contribution in [0.5, 0.6) is 0 Å². The summed E-state index contributed by atoms with van der Waals surface area (Å²) < 4.78 is 28.2. The molecular weight excluding hydrogens is 462 g/mol. The summed E-state index contributed by atoms with van der Waals surface area (Å²) in [5.41, 5.74) is 3.86. The molecule has 1 aliphatic heterocycles. The van der Waals surface area contributed by atoms with Crippen LogP contribution in [0, 0.1) is 0 Å². The zero-order valence-electron chi connectivity index (χ0n) is 17.4. The number of para-hydroxylation sites is 2. The van der Waals surface area contributed by atoms with E-state index in [9.17, 15) is 13.2 Å². The number of anilines is 2. The second-order valence-corrected chi connectivity index (χ2v) is 9.71. The van der Waals surface area contributed by atoms with Crippen LogP contribution in [0.25, 0.3) is 22.4 Å². The number of benzene rings is 3. The number of amides is 1. The van der Waals surface area contributed by atoms with Crippen LogP contribution in [-0.2, 0) is 10.2 Å².